The van der Waals surface area contributed by atoms with E-state index in [0.29, 0.717) is 0 Å². The fraction of sp³-hybridized carbons (Fsp3) is 0. The van der Waals surface area contributed by atoms with Gasteiger partial charge < -0.3 is 0 Å². The third kappa shape index (κ3) is 6.18. The van der Waals surface area contributed by atoms with Gasteiger partial charge in [-0.25, -0.2) is 9.97 Å². The van der Waals surface area contributed by atoms with Crippen molar-refractivity contribution in [1.82, 2.24) is 14.5 Å². The van der Waals surface area contributed by atoms with Gasteiger partial charge >= 0.3 is 0 Å². The van der Waals surface area contributed by atoms with Gasteiger partial charge in [0.2, 0.25) is 0 Å². The molecule has 3 nitrogen and oxygen atoms in total. The van der Waals surface area contributed by atoms with Gasteiger partial charge in [0, 0.05) is 22.2 Å². The Bertz CT molecular complexity index is 2910. The molecule has 0 saturated heterocycles. The van der Waals surface area contributed by atoms with Crippen LogP contribution in [0.15, 0.2) is 212 Å². The van der Waals surface area contributed by atoms with Crippen LogP contribution in [0, 0.1) is 0 Å². The van der Waals surface area contributed by atoms with Gasteiger partial charge in [0.15, 0.2) is 0 Å². The smallest absolute Gasteiger partial charge is 0.145 e. The number of rotatable bonds is 7. The van der Waals surface area contributed by atoms with E-state index in [4.69, 9.17) is 9.97 Å². The number of hydrogen-bond acceptors (Lipinski definition) is 2. The van der Waals surface area contributed by atoms with Crippen LogP contribution in [-0.2, 0) is 0 Å². The quantitative estimate of drug-likeness (QED) is 0.166. The monoisotopic (exact) mass is 701 g/mol. The first-order valence-electron chi connectivity index (χ1n) is 18.7. The minimum atomic E-state index is 0.924. The number of aromatic nitrogens is 3. The summed E-state index contributed by atoms with van der Waals surface area (Å²) in [5, 5.41) is 1.11. The van der Waals surface area contributed by atoms with Gasteiger partial charge in [-0.1, -0.05) is 170 Å². The van der Waals surface area contributed by atoms with Gasteiger partial charge in [0.1, 0.15) is 5.82 Å². The second-order valence-corrected chi connectivity index (χ2v) is 13.8. The van der Waals surface area contributed by atoms with E-state index < -0.39 is 0 Å². The molecular weight excluding hydrogens is 667 g/mol. The Morgan fingerprint density at radius 3 is 1.40 bits per heavy atom. The van der Waals surface area contributed by atoms with E-state index in [1.165, 1.54) is 27.8 Å². The summed E-state index contributed by atoms with van der Waals surface area (Å²) in [5.41, 5.74) is 16.6. The molecule has 0 fully saturated rings. The molecule has 8 aromatic carbocycles. The zero-order chi connectivity index (χ0) is 36.6. The normalized spacial score (nSPS) is 11.3. The lowest BCUT2D eigenvalue weighted by molar-refractivity contribution is 1.10. The predicted octanol–water partition coefficient (Wildman–Crippen LogP) is 13.6. The first-order chi connectivity index (χ1) is 27.2. The summed E-state index contributed by atoms with van der Waals surface area (Å²) in [4.78, 5) is 10.3. The van der Waals surface area contributed by atoms with Gasteiger partial charge in [-0.3, -0.25) is 4.57 Å². The van der Waals surface area contributed by atoms with Crippen LogP contribution in [0.25, 0.3) is 94.8 Å². The highest BCUT2D eigenvalue weighted by Crippen LogP contribution is 2.37. The Kier molecular flexibility index (Phi) is 8.16. The minimum absolute atomic E-state index is 0.924. The van der Waals surface area contributed by atoms with Crippen LogP contribution in [0.4, 0.5) is 0 Å². The van der Waals surface area contributed by atoms with Crippen molar-refractivity contribution in [2.75, 3.05) is 0 Å². The van der Waals surface area contributed by atoms with Gasteiger partial charge in [0.05, 0.1) is 22.2 Å². The third-order valence-corrected chi connectivity index (χ3v) is 10.5. The first kappa shape index (κ1) is 32.3. The second kappa shape index (κ2) is 13.9. The zero-order valence-corrected chi connectivity index (χ0v) is 30.0. The van der Waals surface area contributed by atoms with Crippen molar-refractivity contribution in [1.29, 1.82) is 0 Å². The average molecular weight is 702 g/mol. The fourth-order valence-electron chi connectivity index (χ4n) is 7.60. The number of nitrogens with zero attached hydrogens (tertiary/aromatic N) is 3. The lowest BCUT2D eigenvalue weighted by Crippen LogP contribution is -1.98. The molecule has 0 aliphatic rings. The van der Waals surface area contributed by atoms with Gasteiger partial charge in [-0.05, 0) is 87.0 Å². The predicted molar refractivity (Wildman–Crippen MR) is 229 cm³/mol. The molecule has 0 spiro atoms. The highest BCUT2D eigenvalue weighted by atomic mass is 15.1. The Morgan fingerprint density at radius 2 is 0.782 bits per heavy atom. The van der Waals surface area contributed by atoms with Crippen molar-refractivity contribution in [3.8, 4) is 72.8 Å². The van der Waals surface area contributed by atoms with Crippen molar-refractivity contribution in [2.45, 2.75) is 0 Å². The van der Waals surface area contributed by atoms with Crippen molar-refractivity contribution in [3.05, 3.63) is 212 Å². The van der Waals surface area contributed by atoms with Crippen LogP contribution in [0.3, 0.4) is 0 Å². The molecule has 0 bridgehead atoms. The molecule has 0 N–H and O–H groups in total. The standard InChI is InChI=1S/C52H35N3/c1-4-12-36(13-5-1)38-20-22-40(23-21-38)44-30-33-48-47(34-44)46(35-50(53-48)42-26-24-39(25-27-42)37-14-6-2-7-15-37)41-28-31-45(32-29-41)55-51-19-11-10-18-49(51)54-52(55)43-16-8-3-9-17-43/h1-35H. The summed E-state index contributed by atoms with van der Waals surface area (Å²) < 4.78 is 2.26. The van der Waals surface area contributed by atoms with Crippen LogP contribution >= 0.6 is 0 Å². The van der Waals surface area contributed by atoms with E-state index in [1.807, 2.05) is 12.1 Å². The van der Waals surface area contributed by atoms with Crippen molar-refractivity contribution in [3.63, 3.8) is 0 Å². The molecule has 10 rings (SSSR count). The summed E-state index contributed by atoms with van der Waals surface area (Å²) in [5.74, 6) is 0.924. The Labute approximate surface area is 320 Å². The van der Waals surface area contributed by atoms with Crippen LogP contribution in [-0.4, -0.2) is 14.5 Å². The number of para-hydroxylation sites is 2. The highest BCUT2D eigenvalue weighted by Gasteiger charge is 2.16. The molecule has 0 amide bonds. The topological polar surface area (TPSA) is 30.7 Å². The van der Waals surface area contributed by atoms with E-state index in [1.54, 1.807) is 0 Å². The average Bonchev–Trinajstić information content (AvgIpc) is 3.67. The minimum Gasteiger partial charge on any atom is -0.292 e. The van der Waals surface area contributed by atoms with Crippen molar-refractivity contribution < 1.29 is 0 Å². The Hall–Kier alpha value is -7.36. The number of fused-ring (bicyclic) bond motifs is 2. The van der Waals surface area contributed by atoms with Crippen LogP contribution in [0.1, 0.15) is 0 Å². The Balaban J connectivity index is 1.09. The summed E-state index contributed by atoms with van der Waals surface area (Å²) in [7, 11) is 0. The molecule has 0 atom stereocenters. The zero-order valence-electron chi connectivity index (χ0n) is 30.0. The van der Waals surface area contributed by atoms with E-state index in [-0.39, 0.29) is 0 Å². The summed E-state index contributed by atoms with van der Waals surface area (Å²) >= 11 is 0. The number of hydrogen-bond donors (Lipinski definition) is 0. The molecule has 55 heavy (non-hydrogen) atoms. The number of pyridine rings is 1. The van der Waals surface area contributed by atoms with Crippen molar-refractivity contribution in [2.24, 2.45) is 0 Å². The van der Waals surface area contributed by atoms with E-state index in [9.17, 15) is 0 Å². The molecule has 0 saturated carbocycles. The fourth-order valence-corrected chi connectivity index (χ4v) is 7.60. The summed E-state index contributed by atoms with van der Waals surface area (Å²) in [6.07, 6.45) is 0. The lowest BCUT2D eigenvalue weighted by atomic mass is 9.94. The third-order valence-electron chi connectivity index (χ3n) is 10.5. The van der Waals surface area contributed by atoms with Crippen LogP contribution < -0.4 is 0 Å². The molecule has 0 radical (unpaired) electrons. The van der Waals surface area contributed by atoms with Gasteiger partial charge in [-0.2, -0.15) is 0 Å². The van der Waals surface area contributed by atoms with E-state index >= 15 is 0 Å². The SMILES string of the molecule is c1ccc(-c2ccc(-c3ccc4nc(-c5ccc(-c6ccccc6)cc5)cc(-c5ccc(-n6c(-c7ccccc7)nc7ccccc76)cc5)c4c3)cc2)cc1. The highest BCUT2D eigenvalue weighted by molar-refractivity contribution is 5.99. The summed E-state index contributed by atoms with van der Waals surface area (Å²) in [6.45, 7) is 0. The van der Waals surface area contributed by atoms with Crippen molar-refractivity contribution >= 4 is 21.9 Å². The molecule has 258 valence electrons. The van der Waals surface area contributed by atoms with E-state index in [2.05, 4.69) is 205 Å². The molecule has 3 heteroatoms. The number of benzene rings is 8. The largest absolute Gasteiger partial charge is 0.292 e. The summed E-state index contributed by atoms with van der Waals surface area (Å²) in [6, 6.07) is 75.2. The van der Waals surface area contributed by atoms with E-state index in [0.717, 1.165) is 67.0 Å². The molecule has 2 heterocycles. The molecule has 2 aromatic heterocycles. The second-order valence-electron chi connectivity index (χ2n) is 13.8. The molecule has 0 aliphatic carbocycles. The Morgan fingerprint density at radius 1 is 0.309 bits per heavy atom. The molecular formula is C52H35N3. The molecule has 0 unspecified atom stereocenters. The lowest BCUT2D eigenvalue weighted by Gasteiger charge is -2.14. The van der Waals surface area contributed by atoms with Crippen LogP contribution in [0.5, 0.6) is 0 Å². The van der Waals surface area contributed by atoms with Crippen LogP contribution in [0.2, 0.25) is 0 Å². The molecule has 0 aliphatic heterocycles. The maximum absolute atomic E-state index is 5.25. The number of imidazole rings is 1. The first-order valence-corrected chi connectivity index (χ1v) is 18.7. The van der Waals surface area contributed by atoms with Gasteiger partial charge in [0.25, 0.3) is 0 Å². The molecule has 10 aromatic rings. The maximum atomic E-state index is 5.25. The maximum Gasteiger partial charge on any atom is 0.145 e. The van der Waals surface area contributed by atoms with Gasteiger partial charge in [-0.15, -0.1) is 0 Å².